The highest BCUT2D eigenvalue weighted by Gasteiger charge is 2.14. The van der Waals surface area contributed by atoms with Crippen LogP contribution in [-0.4, -0.2) is 5.78 Å². The van der Waals surface area contributed by atoms with Crippen LogP contribution in [0.4, 0.5) is 5.69 Å². The number of fused-ring (bicyclic) bond motifs is 1. The second-order valence-corrected chi connectivity index (χ2v) is 4.55. The largest absolute Gasteiger partial charge is 0.453 e. The lowest BCUT2D eigenvalue weighted by Gasteiger charge is -2.02. The molecule has 19 heavy (non-hydrogen) atoms. The number of anilines is 1. The number of nitrogen functional groups attached to an aromatic ring is 1. The molecule has 0 bridgehead atoms. The maximum absolute atomic E-state index is 12.3. The van der Waals surface area contributed by atoms with Gasteiger partial charge in [0, 0.05) is 16.6 Å². The number of carbonyl (C=O) groups excluding carboxylic acids is 1. The van der Waals surface area contributed by atoms with Gasteiger partial charge in [-0.05, 0) is 42.8 Å². The van der Waals surface area contributed by atoms with Crippen molar-refractivity contribution in [2.75, 3.05) is 5.73 Å². The van der Waals surface area contributed by atoms with E-state index in [4.69, 9.17) is 10.2 Å². The summed E-state index contributed by atoms with van der Waals surface area (Å²) in [5.41, 5.74) is 8.64. The Kier molecular flexibility index (Phi) is 2.60. The molecule has 1 heterocycles. The summed E-state index contributed by atoms with van der Waals surface area (Å²) < 4.78 is 5.57. The maximum Gasteiger partial charge on any atom is 0.228 e. The van der Waals surface area contributed by atoms with Crippen molar-refractivity contribution in [2.24, 2.45) is 0 Å². The van der Waals surface area contributed by atoms with Gasteiger partial charge in [-0.25, -0.2) is 0 Å². The molecule has 0 radical (unpaired) electrons. The van der Waals surface area contributed by atoms with Gasteiger partial charge in [0.15, 0.2) is 5.76 Å². The molecule has 3 nitrogen and oxygen atoms in total. The van der Waals surface area contributed by atoms with Crippen molar-refractivity contribution >= 4 is 22.4 Å². The number of hydrogen-bond donors (Lipinski definition) is 1. The highest BCUT2D eigenvalue weighted by molar-refractivity contribution is 6.09. The van der Waals surface area contributed by atoms with Gasteiger partial charge in [0.05, 0.1) is 0 Å². The molecule has 0 fully saturated rings. The number of hydrogen-bond acceptors (Lipinski definition) is 3. The topological polar surface area (TPSA) is 56.2 Å². The van der Waals surface area contributed by atoms with Crippen molar-refractivity contribution < 1.29 is 9.21 Å². The Balaban J connectivity index is 2.05. The van der Waals surface area contributed by atoms with E-state index in [1.165, 1.54) is 0 Å². The molecule has 3 rings (SSSR count). The standard InChI is InChI=1S/C16H13NO2/c1-10-8-12(6-7-13(10)17)16(18)15-9-11-4-2-3-5-14(11)19-15/h2-9H,17H2,1H3. The lowest BCUT2D eigenvalue weighted by molar-refractivity contribution is 0.101. The lowest BCUT2D eigenvalue weighted by atomic mass is 10.0. The van der Waals surface area contributed by atoms with Crippen molar-refractivity contribution in [3.8, 4) is 0 Å². The zero-order chi connectivity index (χ0) is 13.4. The summed E-state index contributed by atoms with van der Waals surface area (Å²) in [4.78, 5) is 12.3. The number of rotatable bonds is 2. The molecular weight excluding hydrogens is 238 g/mol. The number of nitrogens with two attached hydrogens (primary N) is 1. The Labute approximate surface area is 110 Å². The Morgan fingerprint density at radius 2 is 1.89 bits per heavy atom. The van der Waals surface area contributed by atoms with E-state index in [1.807, 2.05) is 31.2 Å². The molecule has 0 aliphatic rings. The molecule has 2 N–H and O–H groups in total. The number of furan rings is 1. The molecule has 94 valence electrons. The molecule has 0 aliphatic carbocycles. The first kappa shape index (κ1) is 11.5. The van der Waals surface area contributed by atoms with E-state index in [2.05, 4.69) is 0 Å². The first-order chi connectivity index (χ1) is 9.15. The molecule has 0 amide bonds. The summed E-state index contributed by atoms with van der Waals surface area (Å²) in [6.45, 7) is 1.88. The lowest BCUT2D eigenvalue weighted by Crippen LogP contribution is -2.01. The fraction of sp³-hybridized carbons (Fsp3) is 0.0625. The summed E-state index contributed by atoms with van der Waals surface area (Å²) in [7, 11) is 0. The highest BCUT2D eigenvalue weighted by Crippen LogP contribution is 2.22. The van der Waals surface area contributed by atoms with E-state index in [1.54, 1.807) is 24.3 Å². The zero-order valence-electron chi connectivity index (χ0n) is 10.5. The Hall–Kier alpha value is -2.55. The monoisotopic (exact) mass is 251 g/mol. The van der Waals surface area contributed by atoms with Crippen LogP contribution >= 0.6 is 0 Å². The van der Waals surface area contributed by atoms with Gasteiger partial charge in [0.2, 0.25) is 5.78 Å². The highest BCUT2D eigenvalue weighted by atomic mass is 16.3. The number of carbonyl (C=O) groups is 1. The number of para-hydroxylation sites is 1. The van der Waals surface area contributed by atoms with Gasteiger partial charge in [-0.1, -0.05) is 18.2 Å². The molecule has 3 heteroatoms. The normalized spacial score (nSPS) is 10.8. The Morgan fingerprint density at radius 3 is 2.63 bits per heavy atom. The number of aryl methyl sites for hydroxylation is 1. The van der Waals surface area contributed by atoms with Gasteiger partial charge in [-0.3, -0.25) is 4.79 Å². The van der Waals surface area contributed by atoms with Crippen molar-refractivity contribution in [3.63, 3.8) is 0 Å². The summed E-state index contributed by atoms with van der Waals surface area (Å²) >= 11 is 0. The molecule has 0 saturated heterocycles. The molecule has 0 unspecified atom stereocenters. The van der Waals surface area contributed by atoms with Crippen molar-refractivity contribution in [1.29, 1.82) is 0 Å². The summed E-state index contributed by atoms with van der Waals surface area (Å²) in [6.07, 6.45) is 0. The van der Waals surface area contributed by atoms with Crippen LogP contribution in [0.1, 0.15) is 21.7 Å². The summed E-state index contributed by atoms with van der Waals surface area (Å²) in [5, 5.41) is 0.929. The fourth-order valence-electron chi connectivity index (χ4n) is 2.05. The van der Waals surface area contributed by atoms with Crippen molar-refractivity contribution in [1.82, 2.24) is 0 Å². The third-order valence-corrected chi connectivity index (χ3v) is 3.18. The number of benzene rings is 2. The minimum absolute atomic E-state index is 0.126. The van der Waals surface area contributed by atoms with Gasteiger partial charge >= 0.3 is 0 Å². The minimum atomic E-state index is -0.126. The molecule has 0 saturated carbocycles. The molecule has 0 atom stereocenters. The summed E-state index contributed by atoms with van der Waals surface area (Å²) in [6, 6.07) is 14.6. The molecule has 1 aromatic heterocycles. The van der Waals surface area contributed by atoms with Crippen LogP contribution in [0.5, 0.6) is 0 Å². The van der Waals surface area contributed by atoms with Crippen LogP contribution in [0.15, 0.2) is 52.9 Å². The van der Waals surface area contributed by atoms with Gasteiger partial charge in [-0.2, -0.15) is 0 Å². The average molecular weight is 251 g/mol. The molecule has 0 aliphatic heterocycles. The van der Waals surface area contributed by atoms with E-state index >= 15 is 0 Å². The first-order valence-corrected chi connectivity index (χ1v) is 6.04. The predicted octanol–water partition coefficient (Wildman–Crippen LogP) is 3.55. The number of ketones is 1. The van der Waals surface area contributed by atoms with Crippen LogP contribution in [-0.2, 0) is 0 Å². The zero-order valence-corrected chi connectivity index (χ0v) is 10.5. The third-order valence-electron chi connectivity index (χ3n) is 3.18. The first-order valence-electron chi connectivity index (χ1n) is 6.04. The Bertz CT molecular complexity index is 738. The predicted molar refractivity (Wildman–Crippen MR) is 75.2 cm³/mol. The van der Waals surface area contributed by atoms with E-state index < -0.39 is 0 Å². The second-order valence-electron chi connectivity index (χ2n) is 4.55. The SMILES string of the molecule is Cc1cc(C(=O)c2cc3ccccc3o2)ccc1N. The molecule has 3 aromatic rings. The van der Waals surface area contributed by atoms with Gasteiger partial charge < -0.3 is 10.2 Å². The summed E-state index contributed by atoms with van der Waals surface area (Å²) in [5.74, 6) is 0.227. The maximum atomic E-state index is 12.3. The van der Waals surface area contributed by atoms with Gasteiger partial charge in [-0.15, -0.1) is 0 Å². The van der Waals surface area contributed by atoms with E-state index in [0.29, 0.717) is 17.0 Å². The molecule has 0 spiro atoms. The Morgan fingerprint density at radius 1 is 1.11 bits per heavy atom. The van der Waals surface area contributed by atoms with E-state index in [-0.39, 0.29) is 5.78 Å². The molecule has 2 aromatic carbocycles. The minimum Gasteiger partial charge on any atom is -0.453 e. The fourth-order valence-corrected chi connectivity index (χ4v) is 2.05. The molecular formula is C16H13NO2. The van der Waals surface area contributed by atoms with Gasteiger partial charge in [0.25, 0.3) is 0 Å². The average Bonchev–Trinajstić information content (AvgIpc) is 2.85. The van der Waals surface area contributed by atoms with Crippen molar-refractivity contribution in [2.45, 2.75) is 6.92 Å². The quantitative estimate of drug-likeness (QED) is 0.559. The smallest absolute Gasteiger partial charge is 0.228 e. The van der Waals surface area contributed by atoms with E-state index in [9.17, 15) is 4.79 Å². The van der Waals surface area contributed by atoms with Crippen LogP contribution in [0.25, 0.3) is 11.0 Å². The van der Waals surface area contributed by atoms with Crippen LogP contribution in [0.2, 0.25) is 0 Å². The van der Waals surface area contributed by atoms with Gasteiger partial charge in [0.1, 0.15) is 5.58 Å². The van der Waals surface area contributed by atoms with Crippen molar-refractivity contribution in [3.05, 3.63) is 65.4 Å². The van der Waals surface area contributed by atoms with E-state index in [0.717, 1.165) is 16.5 Å². The van der Waals surface area contributed by atoms with Crippen LogP contribution in [0.3, 0.4) is 0 Å². The van der Waals surface area contributed by atoms with Crippen LogP contribution in [0, 0.1) is 6.92 Å². The van der Waals surface area contributed by atoms with Crippen LogP contribution < -0.4 is 5.73 Å². The second kappa shape index (κ2) is 4.28. The third kappa shape index (κ3) is 1.99.